The van der Waals surface area contributed by atoms with Crippen LogP contribution in [0.1, 0.15) is 0 Å². The number of non-ortho nitro benzene ring substituents is 1. The fraction of sp³-hybridized carbons (Fsp3) is 0. The third-order valence-corrected chi connectivity index (χ3v) is 1.84. The van der Waals surface area contributed by atoms with Crippen molar-refractivity contribution in [1.82, 2.24) is 11.0 Å². The van der Waals surface area contributed by atoms with Crippen molar-refractivity contribution in [2.75, 3.05) is 0 Å². The van der Waals surface area contributed by atoms with E-state index in [4.69, 9.17) is 0 Å². The number of quaternary nitrogens is 1. The summed E-state index contributed by atoms with van der Waals surface area (Å²) in [6, 6.07) is 5.70. The Morgan fingerprint density at radius 2 is 2.00 bits per heavy atom. The molecule has 0 saturated carbocycles. The number of hydrogen-bond donors (Lipinski definition) is 3. The Kier molecular flexibility index (Phi) is 2.20. The number of hydrogen-bond acceptors (Lipinski definition) is 5. The van der Waals surface area contributed by atoms with E-state index in [1.165, 1.54) is 24.3 Å². The van der Waals surface area contributed by atoms with Crippen LogP contribution in [0.15, 0.2) is 24.3 Å². The van der Waals surface area contributed by atoms with E-state index in [1.54, 1.807) is 0 Å². The van der Waals surface area contributed by atoms with E-state index < -0.39 is 11.0 Å². The predicted octanol–water partition coefficient (Wildman–Crippen LogP) is -0.814. The summed E-state index contributed by atoms with van der Waals surface area (Å²) in [6.07, 6.45) is -0.608. The van der Waals surface area contributed by atoms with Gasteiger partial charge < -0.3 is 4.84 Å². The maximum absolute atomic E-state index is 10.7. The van der Waals surface area contributed by atoms with Gasteiger partial charge in [-0.2, -0.15) is 0 Å². The topological polar surface area (TPSA) is 97.9 Å². The number of nitro benzene ring substituents is 1. The highest BCUT2D eigenvalue weighted by Crippen LogP contribution is 2.12. The smallest absolute Gasteiger partial charge is 0.300 e. The third-order valence-electron chi connectivity index (χ3n) is 1.84. The Morgan fingerprint density at radius 3 is 2.47 bits per heavy atom. The van der Waals surface area contributed by atoms with Crippen molar-refractivity contribution >= 4 is 17.5 Å². The van der Waals surface area contributed by atoms with Gasteiger partial charge in [-0.15, -0.1) is 5.43 Å². The van der Waals surface area contributed by atoms with Crippen molar-refractivity contribution in [2.24, 2.45) is 0 Å². The zero-order valence-corrected chi connectivity index (χ0v) is 7.39. The van der Waals surface area contributed by atoms with Gasteiger partial charge >= 0.3 is 6.09 Å². The molecule has 0 aromatic heterocycles. The van der Waals surface area contributed by atoms with Gasteiger partial charge in [0.05, 0.1) is 4.92 Å². The average molecular weight is 211 g/mol. The van der Waals surface area contributed by atoms with E-state index in [0.717, 1.165) is 0 Å². The minimum absolute atomic E-state index is 0.00964. The highest BCUT2D eigenvalue weighted by atomic mass is 16.8. The number of nitrogens with one attached hydrogen (secondary N) is 3. The quantitative estimate of drug-likeness (QED) is 0.439. The molecule has 1 fully saturated rings. The molecule has 0 bridgehead atoms. The summed E-state index contributed by atoms with van der Waals surface area (Å²) < 4.78 is 0. The van der Waals surface area contributed by atoms with Crippen LogP contribution < -0.4 is 16.1 Å². The normalized spacial score (nSPS) is 19.5. The first-order valence-electron chi connectivity index (χ1n) is 4.02. The van der Waals surface area contributed by atoms with Crippen LogP contribution in [0.4, 0.5) is 16.2 Å². The summed E-state index contributed by atoms with van der Waals surface area (Å²) in [6.45, 7) is 0. The fourth-order valence-electron chi connectivity index (χ4n) is 1.13. The predicted molar refractivity (Wildman–Crippen MR) is 46.5 cm³/mol. The molecular formula is C7H7N4O4+. The van der Waals surface area contributed by atoms with Crippen molar-refractivity contribution in [3.8, 4) is 0 Å². The second kappa shape index (κ2) is 3.52. The first-order chi connectivity index (χ1) is 7.16. The first-order valence-corrected chi connectivity index (χ1v) is 4.02. The lowest BCUT2D eigenvalue weighted by molar-refractivity contribution is -0.925. The molecule has 1 saturated heterocycles. The van der Waals surface area contributed by atoms with E-state index in [2.05, 4.69) is 15.9 Å². The number of nitro groups is 1. The molecule has 1 aliphatic heterocycles. The van der Waals surface area contributed by atoms with Gasteiger partial charge in [0.2, 0.25) is 0 Å². The number of carbonyl (C=O) groups is 1. The molecule has 1 aliphatic rings. The summed E-state index contributed by atoms with van der Waals surface area (Å²) >= 11 is 0. The molecule has 0 spiro atoms. The van der Waals surface area contributed by atoms with Crippen molar-refractivity contribution in [2.45, 2.75) is 0 Å². The lowest BCUT2D eigenvalue weighted by atomic mass is 10.3. The van der Waals surface area contributed by atoms with Gasteiger partial charge in [-0.25, -0.2) is 4.79 Å². The van der Waals surface area contributed by atoms with Crippen LogP contribution >= 0.6 is 0 Å². The van der Waals surface area contributed by atoms with E-state index in [-0.39, 0.29) is 5.69 Å². The number of rotatable bonds is 2. The van der Waals surface area contributed by atoms with Crippen molar-refractivity contribution in [1.29, 1.82) is 0 Å². The minimum Gasteiger partial charge on any atom is -0.300 e. The van der Waals surface area contributed by atoms with Gasteiger partial charge in [0.25, 0.3) is 5.69 Å². The number of benzene rings is 1. The Labute approximate surface area is 83.5 Å². The summed E-state index contributed by atoms with van der Waals surface area (Å²) in [5.41, 5.74) is 5.34. The summed E-state index contributed by atoms with van der Waals surface area (Å²) in [4.78, 5) is 25.0. The molecule has 15 heavy (non-hydrogen) atoms. The van der Waals surface area contributed by atoms with Crippen LogP contribution in [-0.4, -0.2) is 11.0 Å². The summed E-state index contributed by atoms with van der Waals surface area (Å²) in [5.74, 6) is 0. The number of amides is 1. The number of nitrogens with zero attached hydrogens (tertiary/aromatic N) is 1. The molecule has 0 radical (unpaired) electrons. The second-order valence-corrected chi connectivity index (χ2v) is 2.80. The van der Waals surface area contributed by atoms with E-state index in [9.17, 15) is 14.9 Å². The SMILES string of the molecule is O=C1N[NH+](c2ccc([N+](=O)[O-])cc2)NO1. The summed E-state index contributed by atoms with van der Waals surface area (Å²) in [5, 5.41) is 10.7. The molecule has 8 nitrogen and oxygen atoms in total. The Bertz CT molecular complexity index is 404. The highest BCUT2D eigenvalue weighted by Gasteiger charge is 2.26. The van der Waals surface area contributed by atoms with Crippen LogP contribution in [0.3, 0.4) is 0 Å². The number of carbonyl (C=O) groups excluding carboxylic acids is 1. The molecule has 1 amide bonds. The highest BCUT2D eigenvalue weighted by molar-refractivity contribution is 5.66. The fourth-order valence-corrected chi connectivity index (χ4v) is 1.13. The van der Waals surface area contributed by atoms with Gasteiger partial charge in [0.15, 0.2) is 5.69 Å². The molecule has 1 aromatic rings. The standard InChI is InChI=1S/C7H6N4O4/c12-7-8-10(9-15-7)5-1-3-6(4-2-5)11(13)14/h1-4,9H,(H,8,12)/p+1. The molecule has 78 valence electrons. The zero-order valence-electron chi connectivity index (χ0n) is 7.39. The first kappa shape index (κ1) is 9.37. The molecule has 8 heteroatoms. The molecule has 1 atom stereocenters. The second-order valence-electron chi connectivity index (χ2n) is 2.80. The van der Waals surface area contributed by atoms with Crippen LogP contribution in [-0.2, 0) is 4.84 Å². The summed E-state index contributed by atoms with van der Waals surface area (Å²) in [7, 11) is 0. The van der Waals surface area contributed by atoms with E-state index >= 15 is 0 Å². The largest absolute Gasteiger partial charge is 0.477 e. The van der Waals surface area contributed by atoms with Gasteiger partial charge in [0.1, 0.15) is 0 Å². The maximum atomic E-state index is 10.7. The third kappa shape index (κ3) is 1.85. The Morgan fingerprint density at radius 1 is 1.33 bits per heavy atom. The Hall–Kier alpha value is -2.19. The van der Waals surface area contributed by atoms with E-state index in [0.29, 0.717) is 10.8 Å². The van der Waals surface area contributed by atoms with Crippen LogP contribution in [0.2, 0.25) is 0 Å². The molecule has 1 aromatic carbocycles. The average Bonchev–Trinajstić information content (AvgIpc) is 2.65. The lowest BCUT2D eigenvalue weighted by Crippen LogP contribution is -3.17. The molecular weight excluding hydrogens is 204 g/mol. The van der Waals surface area contributed by atoms with Crippen molar-refractivity contribution in [3.05, 3.63) is 34.4 Å². The van der Waals surface area contributed by atoms with Crippen LogP contribution in [0, 0.1) is 10.1 Å². The van der Waals surface area contributed by atoms with Gasteiger partial charge in [-0.3, -0.25) is 10.1 Å². The zero-order chi connectivity index (χ0) is 10.8. The maximum Gasteiger partial charge on any atom is 0.477 e. The van der Waals surface area contributed by atoms with Gasteiger partial charge in [0, 0.05) is 29.9 Å². The molecule has 3 N–H and O–H groups in total. The monoisotopic (exact) mass is 211 g/mol. The Balaban J connectivity index is 2.17. The minimum atomic E-state index is -0.608. The van der Waals surface area contributed by atoms with Gasteiger partial charge in [-0.05, 0) is 0 Å². The molecule has 1 heterocycles. The van der Waals surface area contributed by atoms with E-state index in [1.807, 2.05) is 0 Å². The van der Waals surface area contributed by atoms with Gasteiger partial charge in [-0.1, -0.05) is 5.12 Å². The molecule has 0 aliphatic carbocycles. The molecule has 2 rings (SSSR count). The van der Waals surface area contributed by atoms with Crippen molar-refractivity contribution < 1.29 is 19.7 Å². The van der Waals surface area contributed by atoms with Crippen LogP contribution in [0.25, 0.3) is 0 Å². The lowest BCUT2D eigenvalue weighted by Gasteiger charge is -2.04. The molecule has 1 unspecified atom stereocenters. The van der Waals surface area contributed by atoms with Crippen molar-refractivity contribution in [3.63, 3.8) is 0 Å². The van der Waals surface area contributed by atoms with Crippen LogP contribution in [0.5, 0.6) is 0 Å².